The van der Waals surface area contributed by atoms with E-state index in [0.29, 0.717) is 12.5 Å². The summed E-state index contributed by atoms with van der Waals surface area (Å²) in [6, 6.07) is 8.05. The Hall–Kier alpha value is -2.11. The molecule has 1 aliphatic heterocycles. The van der Waals surface area contributed by atoms with Crippen molar-refractivity contribution in [1.29, 1.82) is 0 Å². The number of ether oxygens (including phenoxy) is 1. The van der Waals surface area contributed by atoms with Crippen LogP contribution in [-0.2, 0) is 11.3 Å². The lowest BCUT2D eigenvalue weighted by Gasteiger charge is -2.35. The van der Waals surface area contributed by atoms with Gasteiger partial charge in [-0.15, -0.1) is 0 Å². The number of aromatic nitrogens is 3. The van der Waals surface area contributed by atoms with Crippen molar-refractivity contribution in [2.24, 2.45) is 0 Å². The molecule has 0 saturated carbocycles. The molecule has 4 rings (SSSR count). The number of hydrogen-bond donors (Lipinski definition) is 0. The molecule has 1 fully saturated rings. The third kappa shape index (κ3) is 3.41. The fourth-order valence-corrected chi connectivity index (χ4v) is 4.01. The predicted octanol–water partition coefficient (Wildman–Crippen LogP) is 4.12. The summed E-state index contributed by atoms with van der Waals surface area (Å²) < 4.78 is 7.45. The first kappa shape index (κ1) is 17.3. The fraction of sp³-hybridized carbons (Fsp3) is 0.400. The maximum atomic E-state index is 6.13. The van der Waals surface area contributed by atoms with Gasteiger partial charge in [0, 0.05) is 67.3 Å². The van der Waals surface area contributed by atoms with Crippen LogP contribution in [0, 0.1) is 0 Å². The van der Waals surface area contributed by atoms with Gasteiger partial charge in [-0.1, -0.05) is 11.6 Å². The number of piperidine rings is 1. The van der Waals surface area contributed by atoms with E-state index >= 15 is 0 Å². The second-order valence-electron chi connectivity index (χ2n) is 6.75. The second kappa shape index (κ2) is 7.64. The largest absolute Gasteiger partial charge is 0.383 e. The van der Waals surface area contributed by atoms with Gasteiger partial charge in [-0.05, 0) is 37.1 Å². The molecule has 3 heterocycles. The van der Waals surface area contributed by atoms with Crippen molar-refractivity contribution in [3.63, 3.8) is 0 Å². The van der Waals surface area contributed by atoms with E-state index < -0.39 is 0 Å². The van der Waals surface area contributed by atoms with Crippen molar-refractivity contribution in [3.05, 3.63) is 53.7 Å². The minimum Gasteiger partial charge on any atom is -0.383 e. The number of fused-ring (bicyclic) bond motifs is 1. The van der Waals surface area contributed by atoms with Crippen molar-refractivity contribution >= 4 is 28.2 Å². The van der Waals surface area contributed by atoms with Gasteiger partial charge in [-0.25, -0.2) is 4.98 Å². The molecule has 5 nitrogen and oxygen atoms in total. The highest BCUT2D eigenvalue weighted by Gasteiger charge is 2.25. The lowest BCUT2D eigenvalue weighted by atomic mass is 9.96. The molecule has 6 heteroatoms. The van der Waals surface area contributed by atoms with Crippen molar-refractivity contribution < 1.29 is 4.74 Å². The summed E-state index contributed by atoms with van der Waals surface area (Å²) in [5.74, 6) is 1.58. The number of imidazole rings is 1. The number of anilines is 1. The van der Waals surface area contributed by atoms with E-state index in [4.69, 9.17) is 16.3 Å². The molecule has 1 unspecified atom stereocenters. The van der Waals surface area contributed by atoms with Crippen LogP contribution in [0.5, 0.6) is 0 Å². The number of hydrogen-bond acceptors (Lipinski definition) is 4. The predicted molar refractivity (Wildman–Crippen MR) is 105 cm³/mol. The molecule has 0 aliphatic carbocycles. The molecule has 0 radical (unpaired) electrons. The number of methoxy groups -OCH3 is 1. The van der Waals surface area contributed by atoms with Crippen LogP contribution in [0.2, 0.25) is 5.02 Å². The highest BCUT2D eigenvalue weighted by Crippen LogP contribution is 2.33. The van der Waals surface area contributed by atoms with Gasteiger partial charge in [0.05, 0.1) is 12.1 Å². The first-order valence-corrected chi connectivity index (χ1v) is 9.43. The Morgan fingerprint density at radius 1 is 1.23 bits per heavy atom. The average molecular weight is 371 g/mol. The van der Waals surface area contributed by atoms with Crippen LogP contribution in [0.4, 0.5) is 5.69 Å². The van der Waals surface area contributed by atoms with E-state index in [1.165, 1.54) is 5.69 Å². The number of pyridine rings is 1. The van der Waals surface area contributed by atoms with Gasteiger partial charge in [0.1, 0.15) is 5.82 Å². The molecule has 1 aromatic carbocycles. The third-order valence-corrected chi connectivity index (χ3v) is 5.33. The van der Waals surface area contributed by atoms with Crippen LogP contribution in [-0.4, -0.2) is 41.3 Å². The molecule has 1 atom stereocenters. The summed E-state index contributed by atoms with van der Waals surface area (Å²) in [5, 5.41) is 1.87. The van der Waals surface area contributed by atoms with Crippen LogP contribution in [0.1, 0.15) is 24.6 Å². The van der Waals surface area contributed by atoms with Crippen LogP contribution in [0.3, 0.4) is 0 Å². The minimum absolute atomic E-state index is 0.422. The van der Waals surface area contributed by atoms with E-state index in [-0.39, 0.29) is 0 Å². The molecule has 3 aromatic rings. The van der Waals surface area contributed by atoms with Gasteiger partial charge >= 0.3 is 0 Å². The van der Waals surface area contributed by atoms with Crippen LogP contribution in [0.15, 0.2) is 42.9 Å². The minimum atomic E-state index is 0.422. The molecule has 0 amide bonds. The Labute approximate surface area is 158 Å². The molecular weight excluding hydrogens is 348 g/mol. The average Bonchev–Trinajstić information content (AvgIpc) is 3.14. The number of benzene rings is 1. The van der Waals surface area contributed by atoms with E-state index in [9.17, 15) is 0 Å². The maximum absolute atomic E-state index is 6.13. The van der Waals surface area contributed by atoms with Gasteiger partial charge in [-0.3, -0.25) is 4.98 Å². The van der Waals surface area contributed by atoms with E-state index in [0.717, 1.165) is 54.2 Å². The number of halogens is 1. The molecule has 2 aromatic heterocycles. The maximum Gasteiger partial charge on any atom is 0.113 e. The summed E-state index contributed by atoms with van der Waals surface area (Å²) in [5.41, 5.74) is 2.17. The molecule has 136 valence electrons. The lowest BCUT2D eigenvalue weighted by molar-refractivity contribution is 0.185. The fourth-order valence-electron chi connectivity index (χ4n) is 3.85. The van der Waals surface area contributed by atoms with Gasteiger partial charge in [-0.2, -0.15) is 0 Å². The quantitative estimate of drug-likeness (QED) is 0.677. The first-order valence-electron chi connectivity index (χ1n) is 9.05. The smallest absolute Gasteiger partial charge is 0.113 e. The van der Waals surface area contributed by atoms with Crippen LogP contribution < -0.4 is 4.90 Å². The first-order chi connectivity index (χ1) is 12.8. The Kier molecular flexibility index (Phi) is 5.09. The van der Waals surface area contributed by atoms with Crippen molar-refractivity contribution in [2.75, 3.05) is 31.7 Å². The van der Waals surface area contributed by atoms with Gasteiger partial charge in [0.15, 0.2) is 0 Å². The highest BCUT2D eigenvalue weighted by atomic mass is 35.5. The second-order valence-corrected chi connectivity index (χ2v) is 7.18. The van der Waals surface area contributed by atoms with Gasteiger partial charge in [0.2, 0.25) is 0 Å². The van der Waals surface area contributed by atoms with E-state index in [1.54, 1.807) is 7.11 Å². The Balaban J connectivity index is 1.61. The Morgan fingerprint density at radius 3 is 3.04 bits per heavy atom. The topological polar surface area (TPSA) is 43.2 Å². The lowest BCUT2D eigenvalue weighted by Crippen LogP contribution is -2.35. The molecule has 1 saturated heterocycles. The van der Waals surface area contributed by atoms with E-state index in [1.807, 2.05) is 24.5 Å². The van der Waals surface area contributed by atoms with Crippen LogP contribution >= 0.6 is 11.6 Å². The monoisotopic (exact) mass is 370 g/mol. The number of nitrogens with zero attached hydrogens (tertiary/aromatic N) is 4. The Morgan fingerprint density at radius 2 is 2.15 bits per heavy atom. The summed E-state index contributed by atoms with van der Waals surface area (Å²) in [6.07, 6.45) is 8.14. The zero-order valence-corrected chi connectivity index (χ0v) is 15.7. The molecule has 0 bridgehead atoms. The zero-order valence-electron chi connectivity index (χ0n) is 14.9. The Bertz CT molecular complexity index is 894. The summed E-state index contributed by atoms with van der Waals surface area (Å²) in [6.45, 7) is 3.57. The standard InChI is InChI=1S/C20H23ClN4O/c1-26-12-11-24-10-8-23-20(24)15-3-2-9-25(14-15)19-6-7-22-18-13-16(21)4-5-17(18)19/h4-8,10,13,15H,2-3,9,11-12,14H2,1H3. The zero-order chi connectivity index (χ0) is 17.9. The molecule has 1 aliphatic rings. The molecular formula is C20H23ClN4O. The van der Waals surface area contributed by atoms with Crippen molar-refractivity contribution in [2.45, 2.75) is 25.3 Å². The van der Waals surface area contributed by atoms with Crippen molar-refractivity contribution in [3.8, 4) is 0 Å². The van der Waals surface area contributed by atoms with Crippen molar-refractivity contribution in [1.82, 2.24) is 14.5 Å². The van der Waals surface area contributed by atoms with Crippen LogP contribution in [0.25, 0.3) is 10.9 Å². The van der Waals surface area contributed by atoms with E-state index in [2.05, 4.69) is 37.8 Å². The third-order valence-electron chi connectivity index (χ3n) is 5.09. The molecule has 0 N–H and O–H groups in total. The summed E-state index contributed by atoms with van der Waals surface area (Å²) >= 11 is 6.13. The summed E-state index contributed by atoms with van der Waals surface area (Å²) in [7, 11) is 1.74. The highest BCUT2D eigenvalue weighted by molar-refractivity contribution is 6.31. The van der Waals surface area contributed by atoms with Gasteiger partial charge < -0.3 is 14.2 Å². The molecule has 0 spiro atoms. The normalized spacial score (nSPS) is 17.8. The SMILES string of the molecule is COCCn1ccnc1C1CCCN(c2ccnc3cc(Cl)ccc23)C1. The van der Waals surface area contributed by atoms with Gasteiger partial charge in [0.25, 0.3) is 0 Å². The summed E-state index contributed by atoms with van der Waals surface area (Å²) in [4.78, 5) is 11.6. The molecule has 26 heavy (non-hydrogen) atoms. The number of rotatable bonds is 5.